The van der Waals surface area contributed by atoms with Crippen molar-refractivity contribution in [1.29, 1.82) is 0 Å². The standard InChI is InChI=1S/C20H24N6O/c27-18-8-15-11-26(12-16-6-13-2-1-3-23-20(13)24-16)10-14(15)7-17(18)25-19-9-21-4-5-22-19/h1-6,9,14-15,17-18,27H,7-8,10-12H2,(H,22,25)(H,23,24)/t14-,15+,17-,18-/m1/s1. The van der Waals surface area contributed by atoms with E-state index in [2.05, 4.69) is 42.3 Å². The molecular formula is C20H24N6O. The quantitative estimate of drug-likeness (QED) is 0.656. The Morgan fingerprint density at radius 1 is 1.15 bits per heavy atom. The van der Waals surface area contributed by atoms with E-state index in [0.29, 0.717) is 11.8 Å². The number of fused-ring (bicyclic) bond motifs is 2. The number of aliphatic hydroxyl groups excluding tert-OH is 1. The number of anilines is 1. The number of aromatic amines is 1. The van der Waals surface area contributed by atoms with Crippen molar-refractivity contribution in [2.24, 2.45) is 11.8 Å². The number of aromatic nitrogens is 4. The van der Waals surface area contributed by atoms with Crippen molar-refractivity contribution in [3.8, 4) is 0 Å². The summed E-state index contributed by atoms with van der Waals surface area (Å²) >= 11 is 0. The first kappa shape index (κ1) is 16.6. The fourth-order valence-electron chi connectivity index (χ4n) is 4.72. The Morgan fingerprint density at radius 2 is 2.04 bits per heavy atom. The third kappa shape index (κ3) is 3.40. The maximum Gasteiger partial charge on any atom is 0.144 e. The number of H-pyrrole nitrogens is 1. The second-order valence-corrected chi connectivity index (χ2v) is 7.83. The largest absolute Gasteiger partial charge is 0.391 e. The molecule has 0 aromatic carbocycles. The van der Waals surface area contributed by atoms with Gasteiger partial charge in [0.15, 0.2) is 0 Å². The molecule has 140 valence electrons. The molecule has 1 aliphatic carbocycles. The van der Waals surface area contributed by atoms with E-state index in [4.69, 9.17) is 0 Å². The molecule has 27 heavy (non-hydrogen) atoms. The zero-order valence-corrected chi connectivity index (χ0v) is 15.1. The highest BCUT2D eigenvalue weighted by Gasteiger charge is 2.41. The van der Waals surface area contributed by atoms with Gasteiger partial charge in [-0.1, -0.05) is 0 Å². The summed E-state index contributed by atoms with van der Waals surface area (Å²) in [7, 11) is 0. The van der Waals surface area contributed by atoms with Crippen LogP contribution in [0.4, 0.5) is 5.82 Å². The van der Waals surface area contributed by atoms with Crippen molar-refractivity contribution < 1.29 is 5.11 Å². The molecule has 3 aromatic rings. The lowest BCUT2D eigenvalue weighted by atomic mass is 9.77. The van der Waals surface area contributed by atoms with E-state index in [0.717, 1.165) is 49.3 Å². The Morgan fingerprint density at radius 3 is 2.85 bits per heavy atom. The topological polar surface area (TPSA) is 90.0 Å². The summed E-state index contributed by atoms with van der Waals surface area (Å²) in [5.74, 6) is 1.90. The lowest BCUT2D eigenvalue weighted by molar-refractivity contribution is 0.0735. The van der Waals surface area contributed by atoms with Crippen LogP contribution in [-0.2, 0) is 6.54 Å². The number of nitrogens with one attached hydrogen (secondary N) is 2. The van der Waals surface area contributed by atoms with Gasteiger partial charge in [-0.2, -0.15) is 0 Å². The average molecular weight is 364 g/mol. The maximum atomic E-state index is 10.6. The molecule has 0 radical (unpaired) electrons. The van der Waals surface area contributed by atoms with Gasteiger partial charge in [-0.15, -0.1) is 0 Å². The van der Waals surface area contributed by atoms with E-state index in [-0.39, 0.29) is 12.1 Å². The molecule has 2 aliphatic rings. The Labute approximate surface area is 157 Å². The molecule has 1 saturated heterocycles. The number of nitrogens with zero attached hydrogens (tertiary/aromatic N) is 4. The highest BCUT2D eigenvalue weighted by molar-refractivity contribution is 5.76. The number of likely N-dealkylation sites (tertiary alicyclic amines) is 1. The molecule has 4 heterocycles. The van der Waals surface area contributed by atoms with E-state index in [9.17, 15) is 5.11 Å². The molecule has 1 aliphatic heterocycles. The molecule has 7 heteroatoms. The van der Waals surface area contributed by atoms with Crippen LogP contribution >= 0.6 is 0 Å². The fraction of sp³-hybridized carbons (Fsp3) is 0.450. The number of aliphatic hydroxyl groups is 1. The molecule has 1 saturated carbocycles. The monoisotopic (exact) mass is 364 g/mol. The molecule has 0 bridgehead atoms. The number of hydrogen-bond acceptors (Lipinski definition) is 6. The van der Waals surface area contributed by atoms with E-state index in [1.165, 1.54) is 5.69 Å². The molecule has 5 rings (SSSR count). The molecule has 3 aromatic heterocycles. The zero-order valence-electron chi connectivity index (χ0n) is 15.1. The SMILES string of the molecule is O[C@@H]1C[C@H]2CN(Cc3cc4cccnc4[nH]3)C[C@H]2C[C@H]1Nc1cnccn1. The molecule has 7 nitrogen and oxygen atoms in total. The van der Waals surface area contributed by atoms with Crippen molar-refractivity contribution in [3.05, 3.63) is 48.7 Å². The summed E-state index contributed by atoms with van der Waals surface area (Å²) in [4.78, 5) is 18.7. The van der Waals surface area contributed by atoms with Crippen molar-refractivity contribution in [2.45, 2.75) is 31.5 Å². The van der Waals surface area contributed by atoms with Gasteiger partial charge in [-0.05, 0) is 42.9 Å². The molecular weight excluding hydrogens is 340 g/mol. The van der Waals surface area contributed by atoms with E-state index in [1.807, 2.05) is 12.3 Å². The first-order valence-electron chi connectivity index (χ1n) is 9.60. The van der Waals surface area contributed by atoms with Crippen LogP contribution in [-0.4, -0.2) is 55.2 Å². The first-order valence-corrected chi connectivity index (χ1v) is 9.60. The van der Waals surface area contributed by atoms with Gasteiger partial charge < -0.3 is 15.4 Å². The third-order valence-electron chi connectivity index (χ3n) is 5.96. The van der Waals surface area contributed by atoms with Crippen LogP contribution in [0.15, 0.2) is 43.0 Å². The Bertz CT molecular complexity index is 880. The average Bonchev–Trinajstić information content (AvgIpc) is 3.25. The summed E-state index contributed by atoms with van der Waals surface area (Å²) < 4.78 is 0. The van der Waals surface area contributed by atoms with E-state index < -0.39 is 0 Å². The van der Waals surface area contributed by atoms with Crippen LogP contribution in [0.2, 0.25) is 0 Å². The van der Waals surface area contributed by atoms with Gasteiger partial charge in [0, 0.05) is 49.3 Å². The summed E-state index contributed by atoms with van der Waals surface area (Å²) in [5, 5.41) is 15.1. The van der Waals surface area contributed by atoms with Gasteiger partial charge in [0.05, 0.1) is 18.3 Å². The van der Waals surface area contributed by atoms with Gasteiger partial charge in [-0.3, -0.25) is 9.88 Å². The molecule has 3 N–H and O–H groups in total. The van der Waals surface area contributed by atoms with Crippen LogP contribution < -0.4 is 5.32 Å². The second kappa shape index (κ2) is 6.90. The van der Waals surface area contributed by atoms with Gasteiger partial charge in [0.1, 0.15) is 11.5 Å². The lowest BCUT2D eigenvalue weighted by Crippen LogP contribution is -2.43. The van der Waals surface area contributed by atoms with Crippen molar-refractivity contribution in [2.75, 3.05) is 18.4 Å². The lowest BCUT2D eigenvalue weighted by Gasteiger charge is -2.35. The summed E-state index contributed by atoms with van der Waals surface area (Å²) in [6.07, 6.45) is 8.33. The molecule has 0 spiro atoms. The minimum atomic E-state index is -0.342. The molecule has 2 fully saturated rings. The summed E-state index contributed by atoms with van der Waals surface area (Å²) in [5.41, 5.74) is 2.16. The Kier molecular flexibility index (Phi) is 4.26. The molecule has 4 atom stereocenters. The number of pyridine rings is 1. The van der Waals surface area contributed by atoms with Crippen LogP contribution in [0.3, 0.4) is 0 Å². The van der Waals surface area contributed by atoms with Crippen molar-refractivity contribution in [1.82, 2.24) is 24.8 Å². The predicted molar refractivity (Wildman–Crippen MR) is 103 cm³/mol. The Balaban J connectivity index is 1.24. The van der Waals surface area contributed by atoms with Crippen LogP contribution in [0.1, 0.15) is 18.5 Å². The normalized spacial score (nSPS) is 28.3. The van der Waals surface area contributed by atoms with Crippen molar-refractivity contribution >= 4 is 16.9 Å². The van der Waals surface area contributed by atoms with Crippen LogP contribution in [0, 0.1) is 11.8 Å². The fourth-order valence-corrected chi connectivity index (χ4v) is 4.72. The summed E-state index contributed by atoms with van der Waals surface area (Å²) in [6.45, 7) is 3.02. The highest BCUT2D eigenvalue weighted by atomic mass is 16.3. The van der Waals surface area contributed by atoms with E-state index in [1.54, 1.807) is 18.6 Å². The van der Waals surface area contributed by atoms with Gasteiger partial charge in [0.2, 0.25) is 0 Å². The first-order chi connectivity index (χ1) is 13.2. The predicted octanol–water partition coefficient (Wildman–Crippen LogP) is 2.04. The maximum absolute atomic E-state index is 10.6. The van der Waals surface area contributed by atoms with Gasteiger partial charge in [-0.25, -0.2) is 9.97 Å². The van der Waals surface area contributed by atoms with Gasteiger partial charge in [0.25, 0.3) is 0 Å². The van der Waals surface area contributed by atoms with E-state index >= 15 is 0 Å². The minimum Gasteiger partial charge on any atom is -0.391 e. The number of rotatable bonds is 4. The summed E-state index contributed by atoms with van der Waals surface area (Å²) in [6, 6.07) is 6.29. The zero-order chi connectivity index (χ0) is 18.2. The third-order valence-corrected chi connectivity index (χ3v) is 5.96. The van der Waals surface area contributed by atoms with Crippen molar-refractivity contribution in [3.63, 3.8) is 0 Å². The molecule has 0 amide bonds. The highest BCUT2D eigenvalue weighted by Crippen LogP contribution is 2.38. The van der Waals surface area contributed by atoms with Gasteiger partial charge >= 0.3 is 0 Å². The molecule has 0 unspecified atom stereocenters. The van der Waals surface area contributed by atoms with Crippen LogP contribution in [0.25, 0.3) is 11.0 Å². The number of hydrogen-bond donors (Lipinski definition) is 3. The minimum absolute atomic E-state index is 0.0418. The van der Waals surface area contributed by atoms with Crippen LogP contribution in [0.5, 0.6) is 0 Å². The smallest absolute Gasteiger partial charge is 0.144 e. The Hall–Kier alpha value is -2.51. The second-order valence-electron chi connectivity index (χ2n) is 7.83.